The van der Waals surface area contributed by atoms with Crippen molar-refractivity contribution in [2.75, 3.05) is 13.1 Å². The van der Waals surface area contributed by atoms with Crippen LogP contribution in [0.5, 0.6) is 0 Å². The highest BCUT2D eigenvalue weighted by atomic mass is 16.2. The number of carbonyl (C=O) groups excluding carboxylic acids is 2. The lowest BCUT2D eigenvalue weighted by molar-refractivity contribution is -0.123. The van der Waals surface area contributed by atoms with Gasteiger partial charge in [-0.2, -0.15) is 0 Å². The average Bonchev–Trinajstić information content (AvgIpc) is 2.59. The molecule has 0 aromatic rings. The van der Waals surface area contributed by atoms with E-state index in [9.17, 15) is 9.59 Å². The van der Waals surface area contributed by atoms with Crippen molar-refractivity contribution < 1.29 is 9.59 Å². The van der Waals surface area contributed by atoms with Crippen molar-refractivity contribution >= 4 is 11.8 Å². The van der Waals surface area contributed by atoms with Gasteiger partial charge in [-0.25, -0.2) is 0 Å². The Morgan fingerprint density at radius 1 is 1.11 bits per heavy atom. The van der Waals surface area contributed by atoms with Gasteiger partial charge < -0.3 is 10.6 Å². The molecule has 154 valence electrons. The fourth-order valence-electron chi connectivity index (χ4n) is 3.37. The quantitative estimate of drug-likeness (QED) is 0.468. The molecule has 1 rings (SSSR count). The van der Waals surface area contributed by atoms with Gasteiger partial charge in [-0.05, 0) is 63.5 Å². The van der Waals surface area contributed by atoms with Gasteiger partial charge in [0.2, 0.25) is 11.8 Å². The normalized spacial score (nSPS) is 18.1. The molecule has 0 spiro atoms. The first kappa shape index (κ1) is 23.7. The highest BCUT2D eigenvalue weighted by Crippen LogP contribution is 2.40. The van der Waals surface area contributed by atoms with Crippen LogP contribution in [0.3, 0.4) is 0 Å². The molecular weight excluding hydrogens is 348 g/mol. The first-order valence-corrected chi connectivity index (χ1v) is 10.1. The molecular formula is C24H36N2O2. The van der Waals surface area contributed by atoms with E-state index >= 15 is 0 Å². The predicted octanol–water partition coefficient (Wildman–Crippen LogP) is 4.77. The molecule has 0 aromatic carbocycles. The van der Waals surface area contributed by atoms with E-state index in [2.05, 4.69) is 50.5 Å². The van der Waals surface area contributed by atoms with Crippen molar-refractivity contribution in [3.05, 3.63) is 58.7 Å². The number of amides is 2. The van der Waals surface area contributed by atoms with Crippen molar-refractivity contribution in [3.63, 3.8) is 0 Å². The highest BCUT2D eigenvalue weighted by Gasteiger charge is 2.26. The van der Waals surface area contributed by atoms with Crippen LogP contribution in [0.1, 0.15) is 60.8 Å². The van der Waals surface area contributed by atoms with Gasteiger partial charge in [-0.3, -0.25) is 9.59 Å². The standard InChI is InChI=1S/C24H36N2O2/c1-7-25-23(28)17-26-22(27)16-19(3)11-8-10-18(2)13-14-21-20(4)12-9-15-24(21,5)6/h8,10-11,13-14,16H,7,9,12,15,17H2,1-6H3,(H,25,28)(H,26,27)/b11-8+,14-13+,18-10+,19-16+. The van der Waals surface area contributed by atoms with E-state index < -0.39 is 0 Å². The summed E-state index contributed by atoms with van der Waals surface area (Å²) in [5.41, 5.74) is 5.18. The molecule has 0 aliphatic heterocycles. The van der Waals surface area contributed by atoms with Crippen LogP contribution in [0, 0.1) is 5.41 Å². The highest BCUT2D eigenvalue weighted by molar-refractivity contribution is 5.91. The summed E-state index contributed by atoms with van der Waals surface area (Å²) in [6.07, 6.45) is 15.5. The first-order valence-electron chi connectivity index (χ1n) is 10.1. The minimum atomic E-state index is -0.268. The Morgan fingerprint density at radius 2 is 1.82 bits per heavy atom. The third-order valence-electron chi connectivity index (χ3n) is 4.93. The molecule has 0 bridgehead atoms. The molecule has 2 N–H and O–H groups in total. The summed E-state index contributed by atoms with van der Waals surface area (Å²) in [7, 11) is 0. The zero-order valence-electron chi connectivity index (χ0n) is 18.3. The summed E-state index contributed by atoms with van der Waals surface area (Å²) in [5, 5.41) is 5.21. The Kier molecular flexibility index (Phi) is 9.70. The number of hydrogen-bond acceptors (Lipinski definition) is 2. The molecule has 2 amide bonds. The molecule has 0 saturated carbocycles. The van der Waals surface area contributed by atoms with Gasteiger partial charge >= 0.3 is 0 Å². The van der Waals surface area contributed by atoms with Crippen LogP contribution in [0.25, 0.3) is 0 Å². The maximum Gasteiger partial charge on any atom is 0.244 e. The van der Waals surface area contributed by atoms with Crippen LogP contribution in [-0.4, -0.2) is 24.9 Å². The third kappa shape index (κ3) is 8.55. The molecule has 0 aromatic heterocycles. The van der Waals surface area contributed by atoms with Gasteiger partial charge in [0.25, 0.3) is 0 Å². The van der Waals surface area contributed by atoms with E-state index in [1.165, 1.54) is 36.5 Å². The monoisotopic (exact) mass is 384 g/mol. The summed E-state index contributed by atoms with van der Waals surface area (Å²) >= 11 is 0. The van der Waals surface area contributed by atoms with Crippen molar-refractivity contribution in [1.29, 1.82) is 0 Å². The number of allylic oxidation sites excluding steroid dienone is 9. The van der Waals surface area contributed by atoms with Crippen molar-refractivity contribution in [2.24, 2.45) is 5.41 Å². The SMILES string of the molecule is CCNC(=O)CNC(=O)/C=C(C)/C=C/C=C(C)/C=C/C1=C(C)CCCC1(C)C. The van der Waals surface area contributed by atoms with Crippen LogP contribution in [0.15, 0.2) is 58.7 Å². The van der Waals surface area contributed by atoms with Gasteiger partial charge in [-0.1, -0.05) is 55.4 Å². The van der Waals surface area contributed by atoms with Gasteiger partial charge in [0, 0.05) is 12.6 Å². The van der Waals surface area contributed by atoms with Crippen LogP contribution in [0.4, 0.5) is 0 Å². The lowest BCUT2D eigenvalue weighted by atomic mass is 9.72. The Hall–Kier alpha value is -2.36. The van der Waals surface area contributed by atoms with Crippen LogP contribution in [0.2, 0.25) is 0 Å². The largest absolute Gasteiger partial charge is 0.355 e. The maximum absolute atomic E-state index is 11.8. The summed E-state index contributed by atoms with van der Waals surface area (Å²) in [6.45, 7) is 13.2. The van der Waals surface area contributed by atoms with Crippen molar-refractivity contribution in [2.45, 2.75) is 60.8 Å². The molecule has 0 saturated heterocycles. The number of rotatable bonds is 8. The van der Waals surface area contributed by atoms with E-state index in [-0.39, 0.29) is 23.8 Å². The smallest absolute Gasteiger partial charge is 0.244 e. The molecule has 0 radical (unpaired) electrons. The molecule has 28 heavy (non-hydrogen) atoms. The second kappa shape index (κ2) is 11.5. The van der Waals surface area contributed by atoms with E-state index in [1.54, 1.807) is 0 Å². The van der Waals surface area contributed by atoms with Gasteiger partial charge in [0.15, 0.2) is 0 Å². The van der Waals surface area contributed by atoms with E-state index in [4.69, 9.17) is 0 Å². The van der Waals surface area contributed by atoms with E-state index in [0.29, 0.717) is 6.54 Å². The fourth-order valence-corrected chi connectivity index (χ4v) is 3.37. The van der Waals surface area contributed by atoms with Crippen LogP contribution in [-0.2, 0) is 9.59 Å². The summed E-state index contributed by atoms with van der Waals surface area (Å²) in [6, 6.07) is 0. The second-order valence-corrected chi connectivity index (χ2v) is 8.09. The van der Waals surface area contributed by atoms with Crippen LogP contribution >= 0.6 is 0 Å². The molecule has 0 atom stereocenters. The van der Waals surface area contributed by atoms with E-state index in [0.717, 1.165) is 11.1 Å². The zero-order valence-corrected chi connectivity index (χ0v) is 18.3. The average molecular weight is 385 g/mol. The topological polar surface area (TPSA) is 58.2 Å². The molecule has 1 aliphatic rings. The fraction of sp³-hybridized carbons (Fsp3) is 0.500. The summed E-state index contributed by atoms with van der Waals surface area (Å²) in [5.74, 6) is -0.453. The number of likely N-dealkylation sites (N-methyl/N-ethyl adjacent to an activating group) is 1. The first-order chi connectivity index (χ1) is 13.2. The Balaban J connectivity index is 2.62. The molecule has 0 fully saturated rings. The van der Waals surface area contributed by atoms with Gasteiger partial charge in [0.1, 0.15) is 0 Å². The summed E-state index contributed by atoms with van der Waals surface area (Å²) < 4.78 is 0. The minimum absolute atomic E-state index is 0.00438. The number of hydrogen-bond donors (Lipinski definition) is 2. The molecule has 4 nitrogen and oxygen atoms in total. The third-order valence-corrected chi connectivity index (χ3v) is 4.93. The lowest BCUT2D eigenvalue weighted by Gasteiger charge is -2.32. The van der Waals surface area contributed by atoms with Crippen LogP contribution < -0.4 is 10.6 Å². The molecule has 0 unspecified atom stereocenters. The minimum Gasteiger partial charge on any atom is -0.355 e. The Labute approximate surface area is 170 Å². The second-order valence-electron chi connectivity index (χ2n) is 8.09. The van der Waals surface area contributed by atoms with Crippen molar-refractivity contribution in [3.8, 4) is 0 Å². The number of nitrogens with one attached hydrogen (secondary N) is 2. The molecule has 4 heteroatoms. The Bertz CT molecular complexity index is 719. The summed E-state index contributed by atoms with van der Waals surface area (Å²) in [4.78, 5) is 23.1. The van der Waals surface area contributed by atoms with Gasteiger partial charge in [0.05, 0.1) is 6.54 Å². The van der Waals surface area contributed by atoms with Crippen molar-refractivity contribution in [1.82, 2.24) is 10.6 Å². The van der Waals surface area contributed by atoms with Gasteiger partial charge in [-0.15, -0.1) is 0 Å². The Morgan fingerprint density at radius 3 is 2.46 bits per heavy atom. The number of carbonyl (C=O) groups is 2. The molecule has 0 heterocycles. The maximum atomic E-state index is 11.8. The lowest BCUT2D eigenvalue weighted by Crippen LogP contribution is -2.36. The van der Waals surface area contributed by atoms with E-state index in [1.807, 2.05) is 32.1 Å². The predicted molar refractivity (Wildman–Crippen MR) is 118 cm³/mol. The molecule has 1 aliphatic carbocycles. The zero-order chi connectivity index (χ0) is 21.2.